The number of benzene rings is 2. The molecule has 1 aromatic heterocycles. The van der Waals surface area contributed by atoms with E-state index in [1.807, 2.05) is 0 Å². The Balaban J connectivity index is 1.74. The van der Waals surface area contributed by atoms with E-state index < -0.39 is 28.5 Å². The highest BCUT2D eigenvalue weighted by atomic mass is 35.5. The van der Waals surface area contributed by atoms with Crippen molar-refractivity contribution in [3.8, 4) is 0 Å². The minimum atomic E-state index is -3.98. The lowest BCUT2D eigenvalue weighted by Gasteiger charge is -2.20. The van der Waals surface area contributed by atoms with E-state index >= 15 is 0 Å². The van der Waals surface area contributed by atoms with Crippen molar-refractivity contribution in [1.29, 1.82) is 0 Å². The van der Waals surface area contributed by atoms with Crippen molar-refractivity contribution in [3.63, 3.8) is 0 Å². The SMILES string of the molecule is CN(c1ccccc1)S(=O)(=O)c1ccc(Cl)c(C(=O)OCC(=O)Nc2cccnc2Cl)c1. The van der Waals surface area contributed by atoms with E-state index in [-0.39, 0.29) is 26.3 Å². The highest BCUT2D eigenvalue weighted by molar-refractivity contribution is 7.92. The van der Waals surface area contributed by atoms with E-state index in [2.05, 4.69) is 10.3 Å². The van der Waals surface area contributed by atoms with Crippen LogP contribution in [0.1, 0.15) is 10.4 Å². The number of esters is 1. The van der Waals surface area contributed by atoms with Gasteiger partial charge >= 0.3 is 5.97 Å². The highest BCUT2D eigenvalue weighted by Crippen LogP contribution is 2.26. The quantitative estimate of drug-likeness (QED) is 0.393. The Bertz CT molecular complexity index is 1250. The molecule has 0 fully saturated rings. The summed E-state index contributed by atoms with van der Waals surface area (Å²) in [4.78, 5) is 28.2. The number of anilines is 2. The molecule has 0 spiro atoms. The largest absolute Gasteiger partial charge is 0.452 e. The molecule has 1 amide bonds. The molecule has 0 saturated carbocycles. The summed E-state index contributed by atoms with van der Waals surface area (Å²) in [5.74, 6) is -1.61. The summed E-state index contributed by atoms with van der Waals surface area (Å²) in [5.41, 5.74) is 0.504. The first-order chi connectivity index (χ1) is 15.2. The summed E-state index contributed by atoms with van der Waals surface area (Å²) in [5, 5.41) is 2.51. The van der Waals surface area contributed by atoms with Crippen molar-refractivity contribution in [2.45, 2.75) is 4.90 Å². The molecule has 0 saturated heterocycles. The Morgan fingerprint density at radius 3 is 2.47 bits per heavy atom. The number of carbonyl (C=O) groups excluding carboxylic acids is 2. The maximum atomic E-state index is 13.0. The highest BCUT2D eigenvalue weighted by Gasteiger charge is 2.24. The van der Waals surface area contributed by atoms with Gasteiger partial charge < -0.3 is 10.1 Å². The van der Waals surface area contributed by atoms with Crippen LogP contribution in [-0.2, 0) is 19.6 Å². The van der Waals surface area contributed by atoms with Crippen LogP contribution in [0.2, 0.25) is 10.2 Å². The van der Waals surface area contributed by atoms with Crippen molar-refractivity contribution >= 4 is 56.5 Å². The molecule has 3 rings (SSSR count). The van der Waals surface area contributed by atoms with Gasteiger partial charge in [0.05, 0.1) is 26.9 Å². The Hall–Kier alpha value is -3.14. The summed E-state index contributed by atoms with van der Waals surface area (Å²) >= 11 is 11.9. The van der Waals surface area contributed by atoms with Gasteiger partial charge in [0.2, 0.25) is 0 Å². The molecule has 166 valence electrons. The molecule has 0 aliphatic carbocycles. The average Bonchev–Trinajstić information content (AvgIpc) is 2.79. The summed E-state index contributed by atoms with van der Waals surface area (Å²) in [6.45, 7) is -0.638. The van der Waals surface area contributed by atoms with E-state index in [1.54, 1.807) is 36.4 Å². The van der Waals surface area contributed by atoms with Crippen LogP contribution in [0, 0.1) is 0 Å². The van der Waals surface area contributed by atoms with Crippen LogP contribution in [0.15, 0.2) is 71.8 Å². The van der Waals surface area contributed by atoms with Crippen LogP contribution >= 0.6 is 23.2 Å². The van der Waals surface area contributed by atoms with E-state index in [0.29, 0.717) is 5.69 Å². The molecule has 3 aromatic rings. The second kappa shape index (κ2) is 9.99. The van der Waals surface area contributed by atoms with Crippen LogP contribution in [0.4, 0.5) is 11.4 Å². The number of hydrogen-bond donors (Lipinski definition) is 1. The lowest BCUT2D eigenvalue weighted by molar-refractivity contribution is -0.119. The Morgan fingerprint density at radius 1 is 1.06 bits per heavy atom. The fourth-order valence-corrected chi connectivity index (χ4v) is 4.21. The molecule has 0 aliphatic rings. The number of pyridine rings is 1. The summed E-state index contributed by atoms with van der Waals surface area (Å²) in [7, 11) is -2.58. The maximum Gasteiger partial charge on any atom is 0.340 e. The predicted molar refractivity (Wildman–Crippen MR) is 122 cm³/mol. The van der Waals surface area contributed by atoms with Gasteiger partial charge in [-0.2, -0.15) is 0 Å². The lowest BCUT2D eigenvalue weighted by Crippen LogP contribution is -2.27. The molecule has 0 unspecified atom stereocenters. The van der Waals surface area contributed by atoms with Gasteiger partial charge in [-0.1, -0.05) is 41.4 Å². The van der Waals surface area contributed by atoms with Crippen LogP contribution < -0.4 is 9.62 Å². The predicted octanol–water partition coefficient (Wildman–Crippen LogP) is 4.01. The number of sulfonamides is 1. The van der Waals surface area contributed by atoms with E-state index in [9.17, 15) is 18.0 Å². The van der Waals surface area contributed by atoms with Crippen molar-refractivity contribution in [3.05, 3.63) is 82.6 Å². The van der Waals surface area contributed by atoms with Gasteiger partial charge in [-0.25, -0.2) is 18.2 Å². The number of hydrogen-bond acceptors (Lipinski definition) is 6. The molecule has 1 heterocycles. The summed E-state index contributed by atoms with van der Waals surface area (Å²) in [6.07, 6.45) is 1.45. The van der Waals surface area contributed by atoms with Crippen molar-refractivity contribution < 1.29 is 22.7 Å². The zero-order valence-electron chi connectivity index (χ0n) is 16.7. The number of carbonyl (C=O) groups is 2. The van der Waals surface area contributed by atoms with E-state index in [4.69, 9.17) is 27.9 Å². The third-order valence-electron chi connectivity index (χ3n) is 4.30. The summed E-state index contributed by atoms with van der Waals surface area (Å²) in [6, 6.07) is 15.2. The molecule has 1 N–H and O–H groups in total. The molecular formula is C21H17Cl2N3O5S. The number of amides is 1. The monoisotopic (exact) mass is 493 g/mol. The average molecular weight is 494 g/mol. The Morgan fingerprint density at radius 2 is 1.78 bits per heavy atom. The molecule has 0 aliphatic heterocycles. The van der Waals surface area contributed by atoms with Crippen LogP contribution in [0.5, 0.6) is 0 Å². The number of para-hydroxylation sites is 1. The third kappa shape index (κ3) is 5.37. The van der Waals surface area contributed by atoms with Gasteiger partial charge in [0, 0.05) is 13.2 Å². The van der Waals surface area contributed by atoms with Gasteiger partial charge in [0.1, 0.15) is 0 Å². The Labute approximate surface area is 194 Å². The maximum absolute atomic E-state index is 13.0. The standard InChI is InChI=1S/C21H17Cl2N3O5S/c1-26(14-6-3-2-4-7-14)32(29,30)15-9-10-17(22)16(12-15)21(28)31-13-19(27)25-18-8-5-11-24-20(18)23/h2-12H,13H2,1H3,(H,25,27). The smallest absolute Gasteiger partial charge is 0.340 e. The Kier molecular flexibility index (Phi) is 7.34. The molecule has 0 radical (unpaired) electrons. The summed E-state index contributed by atoms with van der Waals surface area (Å²) < 4.78 is 32.0. The number of nitrogens with zero attached hydrogens (tertiary/aromatic N) is 2. The molecule has 0 atom stereocenters. The first-order valence-electron chi connectivity index (χ1n) is 9.11. The van der Waals surface area contributed by atoms with Gasteiger partial charge in [0.25, 0.3) is 15.9 Å². The van der Waals surface area contributed by atoms with Crippen molar-refractivity contribution in [2.75, 3.05) is 23.3 Å². The number of halogens is 2. The number of ether oxygens (including phenoxy) is 1. The zero-order chi connectivity index (χ0) is 23.3. The lowest BCUT2D eigenvalue weighted by atomic mass is 10.2. The molecule has 8 nitrogen and oxygen atoms in total. The van der Waals surface area contributed by atoms with Crippen LogP contribution in [0.25, 0.3) is 0 Å². The minimum Gasteiger partial charge on any atom is -0.452 e. The molecule has 32 heavy (non-hydrogen) atoms. The fourth-order valence-electron chi connectivity index (χ4n) is 2.63. The van der Waals surface area contributed by atoms with Gasteiger partial charge in [-0.05, 0) is 42.5 Å². The minimum absolute atomic E-state index is 0.0213. The topological polar surface area (TPSA) is 106 Å². The second-order valence-electron chi connectivity index (χ2n) is 6.42. The van der Waals surface area contributed by atoms with Crippen molar-refractivity contribution in [2.24, 2.45) is 0 Å². The van der Waals surface area contributed by atoms with Crippen molar-refractivity contribution in [1.82, 2.24) is 4.98 Å². The molecular weight excluding hydrogens is 477 g/mol. The number of rotatable bonds is 7. The second-order valence-corrected chi connectivity index (χ2v) is 9.15. The number of nitrogens with one attached hydrogen (secondary N) is 1. The fraction of sp³-hybridized carbons (Fsp3) is 0.0952. The van der Waals surface area contributed by atoms with Gasteiger partial charge in [-0.3, -0.25) is 9.10 Å². The first-order valence-corrected chi connectivity index (χ1v) is 11.3. The molecule has 11 heteroatoms. The van der Waals surface area contributed by atoms with Gasteiger partial charge in [0.15, 0.2) is 11.8 Å². The van der Waals surface area contributed by atoms with E-state index in [0.717, 1.165) is 10.4 Å². The van der Waals surface area contributed by atoms with Crippen LogP contribution in [-0.4, -0.2) is 38.9 Å². The first kappa shape index (κ1) is 23.5. The van der Waals surface area contributed by atoms with Crippen LogP contribution in [0.3, 0.4) is 0 Å². The van der Waals surface area contributed by atoms with Gasteiger partial charge in [-0.15, -0.1) is 0 Å². The zero-order valence-corrected chi connectivity index (χ0v) is 19.0. The number of aromatic nitrogens is 1. The molecule has 2 aromatic carbocycles. The third-order valence-corrected chi connectivity index (χ3v) is 6.72. The normalized spacial score (nSPS) is 11.0. The van der Waals surface area contributed by atoms with E-state index in [1.165, 1.54) is 31.4 Å². The molecule has 0 bridgehead atoms.